The fourth-order valence-corrected chi connectivity index (χ4v) is 3.82. The summed E-state index contributed by atoms with van der Waals surface area (Å²) in [7, 11) is 3.54. The number of morpholine rings is 1. The van der Waals surface area contributed by atoms with Crippen molar-refractivity contribution in [3.63, 3.8) is 0 Å². The van der Waals surface area contributed by atoms with Crippen LogP contribution in [0.15, 0.2) is 29.3 Å². The van der Waals surface area contributed by atoms with Crippen molar-refractivity contribution in [3.05, 3.63) is 35.4 Å². The molecule has 7 nitrogen and oxygen atoms in total. The highest BCUT2D eigenvalue weighted by Gasteiger charge is 2.32. The summed E-state index contributed by atoms with van der Waals surface area (Å²) in [6, 6.07) is 7.82. The first kappa shape index (κ1) is 24.9. The van der Waals surface area contributed by atoms with Crippen molar-refractivity contribution in [3.8, 4) is 0 Å². The molecule has 0 saturated carbocycles. The lowest BCUT2D eigenvalue weighted by Crippen LogP contribution is -2.53. The van der Waals surface area contributed by atoms with Gasteiger partial charge in [-0.1, -0.05) is 12.1 Å². The second-order valence-corrected chi connectivity index (χ2v) is 7.79. The third kappa shape index (κ3) is 6.81. The van der Waals surface area contributed by atoms with Crippen molar-refractivity contribution < 1.29 is 14.3 Å². The van der Waals surface area contributed by atoms with E-state index in [1.54, 1.807) is 19.0 Å². The van der Waals surface area contributed by atoms with Gasteiger partial charge in [0.1, 0.15) is 6.10 Å². The van der Waals surface area contributed by atoms with Gasteiger partial charge >= 0.3 is 0 Å². The Bertz CT molecular complexity index is 707. The quantitative estimate of drug-likeness (QED) is 0.348. The minimum atomic E-state index is 0. The molecule has 2 heterocycles. The largest absolute Gasteiger partial charge is 0.375 e. The van der Waals surface area contributed by atoms with Gasteiger partial charge in [0.15, 0.2) is 5.96 Å². The van der Waals surface area contributed by atoms with Crippen LogP contribution in [-0.4, -0.2) is 87.4 Å². The maximum absolute atomic E-state index is 12.2. The van der Waals surface area contributed by atoms with Crippen LogP contribution in [0.1, 0.15) is 35.7 Å². The fourth-order valence-electron chi connectivity index (χ4n) is 3.82. The van der Waals surface area contributed by atoms with Gasteiger partial charge in [-0.3, -0.25) is 9.79 Å². The number of amides is 1. The first-order chi connectivity index (χ1) is 14.1. The van der Waals surface area contributed by atoms with Gasteiger partial charge < -0.3 is 24.6 Å². The van der Waals surface area contributed by atoms with E-state index in [4.69, 9.17) is 14.5 Å². The van der Waals surface area contributed by atoms with E-state index in [9.17, 15) is 4.79 Å². The molecular formula is C22H35IN4O3. The van der Waals surface area contributed by atoms with Crippen LogP contribution >= 0.6 is 24.0 Å². The second kappa shape index (κ2) is 12.5. The SMILES string of the molecule is CCNC(=NCCc1cccc(C(=O)N(C)C)c1)N1CCOC(C2CCCO2)C1.I. The lowest BCUT2D eigenvalue weighted by molar-refractivity contribution is -0.0817. The number of nitrogens with one attached hydrogen (secondary N) is 1. The summed E-state index contributed by atoms with van der Waals surface area (Å²) in [6.07, 6.45) is 3.31. The number of hydrogen-bond acceptors (Lipinski definition) is 4. The summed E-state index contributed by atoms with van der Waals surface area (Å²) in [5.41, 5.74) is 1.84. The molecule has 3 rings (SSSR count). The highest BCUT2D eigenvalue weighted by molar-refractivity contribution is 14.0. The Hall–Kier alpha value is -1.39. The van der Waals surface area contributed by atoms with E-state index < -0.39 is 0 Å². The summed E-state index contributed by atoms with van der Waals surface area (Å²) < 4.78 is 11.8. The van der Waals surface area contributed by atoms with Crippen LogP contribution in [0.3, 0.4) is 0 Å². The van der Waals surface area contributed by atoms with Crippen molar-refractivity contribution in [2.24, 2.45) is 4.99 Å². The van der Waals surface area contributed by atoms with Gasteiger partial charge in [0.05, 0.1) is 12.7 Å². The number of ether oxygens (including phenoxy) is 2. The van der Waals surface area contributed by atoms with Gasteiger partial charge in [-0.05, 0) is 43.9 Å². The Balaban J connectivity index is 0.00000320. The fraction of sp³-hybridized carbons (Fsp3) is 0.636. The number of benzene rings is 1. The van der Waals surface area contributed by atoms with E-state index >= 15 is 0 Å². The summed E-state index contributed by atoms with van der Waals surface area (Å²) in [5, 5.41) is 3.41. The molecule has 8 heteroatoms. The molecule has 1 aromatic carbocycles. The minimum Gasteiger partial charge on any atom is -0.375 e. The number of carbonyl (C=O) groups is 1. The average Bonchev–Trinajstić information content (AvgIpc) is 3.28. The lowest BCUT2D eigenvalue weighted by Gasteiger charge is -2.37. The zero-order chi connectivity index (χ0) is 20.6. The average molecular weight is 530 g/mol. The molecule has 2 atom stereocenters. The van der Waals surface area contributed by atoms with Gasteiger partial charge in [0.2, 0.25) is 0 Å². The standard InChI is InChI=1S/C22H34N4O3.HI/c1-4-23-22(26-12-14-29-20(16-26)19-9-6-13-28-19)24-11-10-17-7-5-8-18(15-17)21(27)25(2)3;/h5,7-8,15,19-20H,4,6,9-14,16H2,1-3H3,(H,23,24);1H. The molecule has 2 saturated heterocycles. The molecule has 0 bridgehead atoms. The van der Waals surface area contributed by atoms with Crippen molar-refractivity contribution in [2.75, 3.05) is 53.5 Å². The zero-order valence-electron chi connectivity index (χ0n) is 18.3. The zero-order valence-corrected chi connectivity index (χ0v) is 20.6. The first-order valence-corrected chi connectivity index (χ1v) is 10.7. The normalized spacial score (nSPS) is 21.8. The summed E-state index contributed by atoms with van der Waals surface area (Å²) in [5.74, 6) is 0.955. The van der Waals surface area contributed by atoms with Crippen LogP contribution < -0.4 is 5.32 Å². The Morgan fingerprint density at radius 1 is 1.27 bits per heavy atom. The summed E-state index contributed by atoms with van der Waals surface area (Å²) in [6.45, 7) is 6.77. The van der Waals surface area contributed by atoms with Gasteiger partial charge in [-0.25, -0.2) is 0 Å². The molecule has 2 fully saturated rings. The Labute approximate surface area is 197 Å². The Morgan fingerprint density at radius 2 is 2.07 bits per heavy atom. The van der Waals surface area contributed by atoms with Crippen molar-refractivity contribution >= 4 is 35.8 Å². The Kier molecular flexibility index (Phi) is 10.3. The number of carbonyl (C=O) groups excluding carboxylic acids is 1. The molecule has 2 unspecified atom stereocenters. The van der Waals surface area contributed by atoms with E-state index in [1.165, 1.54) is 0 Å². The predicted molar refractivity (Wildman–Crippen MR) is 130 cm³/mol. The highest BCUT2D eigenvalue weighted by atomic mass is 127. The van der Waals surface area contributed by atoms with E-state index in [-0.39, 0.29) is 42.1 Å². The highest BCUT2D eigenvalue weighted by Crippen LogP contribution is 2.21. The van der Waals surface area contributed by atoms with Crippen LogP contribution in [0.25, 0.3) is 0 Å². The van der Waals surface area contributed by atoms with Crippen LogP contribution in [-0.2, 0) is 15.9 Å². The molecule has 1 aromatic rings. The molecule has 2 aliphatic heterocycles. The number of halogens is 1. The molecule has 2 aliphatic rings. The van der Waals surface area contributed by atoms with E-state index in [0.29, 0.717) is 13.2 Å². The predicted octanol–water partition coefficient (Wildman–Crippen LogP) is 2.39. The number of aliphatic imine (C=N–C) groups is 1. The monoisotopic (exact) mass is 530 g/mol. The molecular weight excluding hydrogens is 495 g/mol. The molecule has 1 N–H and O–H groups in total. The molecule has 168 valence electrons. The first-order valence-electron chi connectivity index (χ1n) is 10.7. The smallest absolute Gasteiger partial charge is 0.253 e. The third-order valence-corrected chi connectivity index (χ3v) is 5.35. The van der Waals surface area contributed by atoms with E-state index in [0.717, 1.165) is 62.6 Å². The maximum Gasteiger partial charge on any atom is 0.253 e. The van der Waals surface area contributed by atoms with Crippen molar-refractivity contribution in [2.45, 2.75) is 38.4 Å². The second-order valence-electron chi connectivity index (χ2n) is 7.79. The van der Waals surface area contributed by atoms with Crippen molar-refractivity contribution in [1.82, 2.24) is 15.1 Å². The number of rotatable bonds is 6. The van der Waals surface area contributed by atoms with Crippen LogP contribution in [0, 0.1) is 0 Å². The summed E-state index contributed by atoms with van der Waals surface area (Å²) >= 11 is 0. The molecule has 1 amide bonds. The topological polar surface area (TPSA) is 66.4 Å². The lowest BCUT2D eigenvalue weighted by atomic mass is 10.1. The minimum absolute atomic E-state index is 0. The summed E-state index contributed by atoms with van der Waals surface area (Å²) in [4.78, 5) is 20.9. The van der Waals surface area contributed by atoms with Gasteiger partial charge in [-0.15, -0.1) is 24.0 Å². The molecule has 0 aromatic heterocycles. The van der Waals surface area contributed by atoms with Crippen LogP contribution in [0.5, 0.6) is 0 Å². The Morgan fingerprint density at radius 3 is 2.77 bits per heavy atom. The van der Waals surface area contributed by atoms with Crippen LogP contribution in [0.4, 0.5) is 0 Å². The number of guanidine groups is 1. The third-order valence-electron chi connectivity index (χ3n) is 5.35. The van der Waals surface area contributed by atoms with Crippen molar-refractivity contribution in [1.29, 1.82) is 0 Å². The molecule has 0 spiro atoms. The van der Waals surface area contributed by atoms with Gasteiger partial charge in [0.25, 0.3) is 5.91 Å². The molecule has 0 aliphatic carbocycles. The van der Waals surface area contributed by atoms with E-state index in [2.05, 4.69) is 23.2 Å². The van der Waals surface area contributed by atoms with E-state index in [1.807, 2.05) is 18.2 Å². The van der Waals surface area contributed by atoms with Gasteiger partial charge in [-0.2, -0.15) is 0 Å². The van der Waals surface area contributed by atoms with Crippen LogP contribution in [0.2, 0.25) is 0 Å². The number of hydrogen-bond donors (Lipinski definition) is 1. The molecule has 30 heavy (non-hydrogen) atoms. The maximum atomic E-state index is 12.2. The number of nitrogens with zero attached hydrogens (tertiary/aromatic N) is 3. The van der Waals surface area contributed by atoms with Gasteiger partial charge in [0, 0.05) is 52.4 Å². The molecule has 0 radical (unpaired) electrons.